The summed E-state index contributed by atoms with van der Waals surface area (Å²) in [5.74, 6) is -0.559. The highest BCUT2D eigenvalue weighted by Crippen LogP contribution is 2.33. The number of methoxy groups -OCH3 is 1. The first-order valence-electron chi connectivity index (χ1n) is 5.71. The van der Waals surface area contributed by atoms with Gasteiger partial charge in [0.25, 0.3) is 0 Å². The lowest BCUT2D eigenvalue weighted by molar-refractivity contribution is 0.0597. The third kappa shape index (κ3) is 3.20. The highest BCUT2D eigenvalue weighted by atomic mass is 33.1. The topological polar surface area (TPSA) is 60.4 Å². The Morgan fingerprint density at radius 3 is 2.25 bits per heavy atom. The average Bonchev–Trinajstić information content (AvgIpc) is 2.47. The molecule has 0 radical (unpaired) electrons. The van der Waals surface area contributed by atoms with E-state index < -0.39 is 14.8 Å². The quantitative estimate of drug-likeness (QED) is 0.642. The predicted molar refractivity (Wildman–Crippen MR) is 77.3 cm³/mol. The molecule has 0 N–H and O–H groups in total. The first-order chi connectivity index (χ1) is 9.54. The SMILES string of the molecule is COC(=O)c1ccccc1SS(=O)(=O)c1ccccc1. The van der Waals surface area contributed by atoms with Crippen LogP contribution >= 0.6 is 10.8 Å². The standard InChI is InChI=1S/C14H12O4S2/c1-18-14(15)12-9-5-6-10-13(12)19-20(16,17)11-7-3-2-4-8-11/h2-10H,1H3. The Balaban J connectivity index is 2.38. The van der Waals surface area contributed by atoms with E-state index in [4.69, 9.17) is 0 Å². The van der Waals surface area contributed by atoms with Crippen LogP contribution in [0, 0.1) is 0 Å². The zero-order valence-electron chi connectivity index (χ0n) is 10.6. The van der Waals surface area contributed by atoms with E-state index in [0.29, 0.717) is 15.7 Å². The summed E-state index contributed by atoms with van der Waals surface area (Å²) in [5, 5.41) is 0. The van der Waals surface area contributed by atoms with Gasteiger partial charge in [-0.25, -0.2) is 13.2 Å². The lowest BCUT2D eigenvalue weighted by Gasteiger charge is -2.07. The number of benzene rings is 2. The van der Waals surface area contributed by atoms with Crippen LogP contribution in [0.4, 0.5) is 0 Å². The van der Waals surface area contributed by atoms with Crippen molar-refractivity contribution in [3.8, 4) is 0 Å². The Kier molecular flexibility index (Phi) is 4.46. The molecule has 0 spiro atoms. The number of rotatable bonds is 4. The smallest absolute Gasteiger partial charge is 0.339 e. The van der Waals surface area contributed by atoms with Crippen molar-refractivity contribution in [2.75, 3.05) is 7.11 Å². The molecular weight excluding hydrogens is 296 g/mol. The molecule has 0 atom stereocenters. The summed E-state index contributed by atoms with van der Waals surface area (Å²) in [6, 6.07) is 14.5. The van der Waals surface area contributed by atoms with Crippen molar-refractivity contribution in [3.63, 3.8) is 0 Å². The van der Waals surface area contributed by atoms with Gasteiger partial charge < -0.3 is 4.74 Å². The van der Waals surface area contributed by atoms with Crippen LogP contribution < -0.4 is 0 Å². The van der Waals surface area contributed by atoms with Crippen LogP contribution in [0.5, 0.6) is 0 Å². The minimum absolute atomic E-state index is 0.199. The first kappa shape index (κ1) is 14.6. The summed E-state index contributed by atoms with van der Waals surface area (Å²) in [6.07, 6.45) is 0. The van der Waals surface area contributed by atoms with E-state index in [0.717, 1.165) is 0 Å². The summed E-state index contributed by atoms with van der Waals surface area (Å²) in [7, 11) is -1.67. The van der Waals surface area contributed by atoms with E-state index in [1.165, 1.54) is 25.3 Å². The van der Waals surface area contributed by atoms with Gasteiger partial charge in [0.1, 0.15) is 0 Å². The van der Waals surface area contributed by atoms with Crippen LogP contribution in [-0.4, -0.2) is 21.5 Å². The molecule has 2 rings (SSSR count). The van der Waals surface area contributed by atoms with Crippen LogP contribution in [0.3, 0.4) is 0 Å². The molecule has 0 fully saturated rings. The van der Waals surface area contributed by atoms with Crippen molar-refractivity contribution < 1.29 is 17.9 Å². The molecule has 2 aromatic rings. The molecule has 0 heterocycles. The molecule has 0 unspecified atom stereocenters. The number of esters is 1. The van der Waals surface area contributed by atoms with Gasteiger partial charge in [-0.1, -0.05) is 30.3 Å². The van der Waals surface area contributed by atoms with Crippen molar-refractivity contribution >= 4 is 25.6 Å². The first-order valence-corrected chi connectivity index (χ1v) is 8.53. The van der Waals surface area contributed by atoms with Gasteiger partial charge in [0.15, 0.2) is 0 Å². The summed E-state index contributed by atoms with van der Waals surface area (Å²) >= 11 is 0. The molecule has 0 aliphatic rings. The third-order valence-corrected chi connectivity index (χ3v) is 5.90. The third-order valence-electron chi connectivity index (χ3n) is 2.52. The predicted octanol–water partition coefficient (Wildman–Crippen LogP) is 2.95. The fraction of sp³-hybridized carbons (Fsp3) is 0.0714. The van der Waals surface area contributed by atoms with Crippen LogP contribution in [0.15, 0.2) is 64.4 Å². The lowest BCUT2D eigenvalue weighted by Crippen LogP contribution is -2.04. The zero-order chi connectivity index (χ0) is 14.6. The van der Waals surface area contributed by atoms with Gasteiger partial charge in [0.2, 0.25) is 8.87 Å². The molecule has 0 saturated carbocycles. The van der Waals surface area contributed by atoms with Crippen molar-refractivity contribution in [2.24, 2.45) is 0 Å². The number of hydrogen-bond acceptors (Lipinski definition) is 5. The van der Waals surface area contributed by atoms with Crippen molar-refractivity contribution in [1.82, 2.24) is 0 Å². The fourth-order valence-electron chi connectivity index (χ4n) is 1.57. The fourth-order valence-corrected chi connectivity index (χ4v) is 4.54. The van der Waals surface area contributed by atoms with Gasteiger partial charge in [0.05, 0.1) is 17.6 Å². The highest BCUT2D eigenvalue weighted by Gasteiger charge is 2.20. The molecule has 0 bridgehead atoms. The summed E-state index contributed by atoms with van der Waals surface area (Å²) < 4.78 is 29.2. The molecule has 4 nitrogen and oxygen atoms in total. The normalized spacial score (nSPS) is 11.1. The molecule has 0 aliphatic heterocycles. The molecule has 2 aromatic carbocycles. The molecule has 0 aromatic heterocycles. The van der Waals surface area contributed by atoms with Crippen LogP contribution in [0.1, 0.15) is 10.4 Å². The van der Waals surface area contributed by atoms with E-state index in [1.54, 1.807) is 36.4 Å². The van der Waals surface area contributed by atoms with Crippen molar-refractivity contribution in [2.45, 2.75) is 9.79 Å². The minimum Gasteiger partial charge on any atom is -0.465 e. The highest BCUT2D eigenvalue weighted by molar-refractivity contribution is 8.72. The van der Waals surface area contributed by atoms with E-state index in [-0.39, 0.29) is 10.5 Å². The Hall–Kier alpha value is -1.79. The molecule has 104 valence electrons. The number of ether oxygens (including phenoxy) is 1. The summed E-state index contributed by atoms with van der Waals surface area (Å²) in [5.41, 5.74) is 0.236. The summed E-state index contributed by atoms with van der Waals surface area (Å²) in [4.78, 5) is 12.2. The maximum absolute atomic E-state index is 12.3. The second-order valence-corrected chi connectivity index (χ2v) is 7.64. The van der Waals surface area contributed by atoms with E-state index in [9.17, 15) is 13.2 Å². The van der Waals surface area contributed by atoms with Gasteiger partial charge >= 0.3 is 5.97 Å². The van der Waals surface area contributed by atoms with Crippen LogP contribution in [0.2, 0.25) is 0 Å². The lowest BCUT2D eigenvalue weighted by atomic mass is 10.2. The van der Waals surface area contributed by atoms with E-state index in [1.807, 2.05) is 0 Å². The van der Waals surface area contributed by atoms with Gasteiger partial charge in [-0.2, -0.15) is 0 Å². The Bertz CT molecular complexity index is 709. The number of carbonyl (C=O) groups is 1. The van der Waals surface area contributed by atoms with Crippen molar-refractivity contribution in [3.05, 3.63) is 60.2 Å². The monoisotopic (exact) mass is 308 g/mol. The Morgan fingerprint density at radius 1 is 1.00 bits per heavy atom. The van der Waals surface area contributed by atoms with Gasteiger partial charge in [0, 0.05) is 15.7 Å². The van der Waals surface area contributed by atoms with Gasteiger partial charge in [-0.15, -0.1) is 0 Å². The second-order valence-electron chi connectivity index (χ2n) is 3.84. The maximum Gasteiger partial charge on any atom is 0.339 e. The second kappa shape index (κ2) is 6.11. The zero-order valence-corrected chi connectivity index (χ0v) is 12.3. The Labute approximate surface area is 121 Å². The molecule has 0 amide bonds. The van der Waals surface area contributed by atoms with Crippen LogP contribution in [-0.2, 0) is 13.6 Å². The maximum atomic E-state index is 12.3. The average molecular weight is 308 g/mol. The molecular formula is C14H12O4S2. The number of carbonyl (C=O) groups excluding carboxylic acids is 1. The molecule has 0 aliphatic carbocycles. The summed E-state index contributed by atoms with van der Waals surface area (Å²) in [6.45, 7) is 0. The largest absolute Gasteiger partial charge is 0.465 e. The van der Waals surface area contributed by atoms with E-state index >= 15 is 0 Å². The van der Waals surface area contributed by atoms with Crippen LogP contribution in [0.25, 0.3) is 0 Å². The Morgan fingerprint density at radius 2 is 1.60 bits per heavy atom. The minimum atomic E-state index is -3.57. The van der Waals surface area contributed by atoms with E-state index in [2.05, 4.69) is 4.74 Å². The van der Waals surface area contributed by atoms with Crippen molar-refractivity contribution in [1.29, 1.82) is 0 Å². The molecule has 6 heteroatoms. The molecule has 20 heavy (non-hydrogen) atoms. The molecule has 0 saturated heterocycles. The number of hydrogen-bond donors (Lipinski definition) is 0. The van der Waals surface area contributed by atoms with Gasteiger partial charge in [-0.05, 0) is 24.3 Å². The van der Waals surface area contributed by atoms with Gasteiger partial charge in [-0.3, -0.25) is 0 Å².